The van der Waals surface area contributed by atoms with Crippen LogP contribution < -0.4 is 15.4 Å². The molecule has 0 radical (unpaired) electrons. The minimum Gasteiger partial charge on any atom is -0.454 e. The Morgan fingerprint density at radius 2 is 2.00 bits per heavy atom. The Bertz CT molecular complexity index is 712. The van der Waals surface area contributed by atoms with E-state index in [1.165, 1.54) is 24.3 Å². The Hall–Kier alpha value is -3.24. The van der Waals surface area contributed by atoms with Crippen LogP contribution in [0.5, 0.6) is 5.75 Å². The zero-order chi connectivity index (χ0) is 19.1. The van der Waals surface area contributed by atoms with E-state index in [9.17, 15) is 28.0 Å². The molecule has 1 aromatic carbocycles. The number of ether oxygens (including phenoxy) is 2. The van der Waals surface area contributed by atoms with Crippen molar-refractivity contribution in [2.24, 2.45) is 0 Å². The van der Waals surface area contributed by atoms with Crippen LogP contribution >= 0.6 is 0 Å². The van der Waals surface area contributed by atoms with Gasteiger partial charge in [0.25, 0.3) is 11.8 Å². The van der Waals surface area contributed by atoms with Gasteiger partial charge in [-0.05, 0) is 12.1 Å². The van der Waals surface area contributed by atoms with Crippen LogP contribution in [0.2, 0.25) is 0 Å². The SMILES string of the molecule is O=C(CNC(=O)c1ccccc1OC(F)F)OCC(=O)N1CCNC1=O. The maximum absolute atomic E-state index is 12.3. The lowest BCUT2D eigenvalue weighted by Gasteiger charge is -2.13. The first kappa shape index (κ1) is 19.1. The highest BCUT2D eigenvalue weighted by molar-refractivity contribution is 5.99. The average Bonchev–Trinajstić information content (AvgIpc) is 3.03. The first-order valence-corrected chi connectivity index (χ1v) is 7.44. The number of amides is 4. The number of imide groups is 1. The largest absolute Gasteiger partial charge is 0.454 e. The highest BCUT2D eigenvalue weighted by atomic mass is 19.3. The Balaban J connectivity index is 1.81. The quantitative estimate of drug-likeness (QED) is 0.658. The number of nitrogens with one attached hydrogen (secondary N) is 2. The lowest BCUT2D eigenvalue weighted by Crippen LogP contribution is -2.38. The second-order valence-corrected chi connectivity index (χ2v) is 5.00. The molecule has 1 aromatic rings. The smallest absolute Gasteiger partial charge is 0.387 e. The summed E-state index contributed by atoms with van der Waals surface area (Å²) < 4.78 is 33.5. The third kappa shape index (κ3) is 5.13. The molecule has 1 fully saturated rings. The van der Waals surface area contributed by atoms with E-state index in [0.29, 0.717) is 6.54 Å². The van der Waals surface area contributed by atoms with E-state index >= 15 is 0 Å². The molecule has 1 heterocycles. The van der Waals surface area contributed by atoms with Gasteiger partial charge >= 0.3 is 18.6 Å². The van der Waals surface area contributed by atoms with Crippen molar-refractivity contribution in [2.45, 2.75) is 6.61 Å². The minimum absolute atomic E-state index is 0.173. The maximum Gasteiger partial charge on any atom is 0.387 e. The molecule has 0 saturated carbocycles. The van der Waals surface area contributed by atoms with Gasteiger partial charge in [0.2, 0.25) is 0 Å². The van der Waals surface area contributed by atoms with Crippen LogP contribution in [0.3, 0.4) is 0 Å². The first-order valence-electron chi connectivity index (χ1n) is 7.44. The number of rotatable bonds is 7. The molecule has 0 unspecified atom stereocenters. The van der Waals surface area contributed by atoms with Crippen LogP contribution in [0.1, 0.15) is 10.4 Å². The fraction of sp³-hybridized carbons (Fsp3) is 0.333. The maximum atomic E-state index is 12.3. The van der Waals surface area contributed by atoms with E-state index in [1.807, 2.05) is 0 Å². The molecule has 26 heavy (non-hydrogen) atoms. The van der Waals surface area contributed by atoms with Crippen LogP contribution in [-0.2, 0) is 14.3 Å². The molecule has 140 valence electrons. The second kappa shape index (κ2) is 8.74. The lowest BCUT2D eigenvalue weighted by molar-refractivity contribution is -0.149. The molecule has 1 aliphatic heterocycles. The van der Waals surface area contributed by atoms with E-state index < -0.39 is 43.6 Å². The molecule has 4 amide bonds. The predicted octanol–water partition coefficient (Wildman–Crippen LogP) is 0.113. The lowest BCUT2D eigenvalue weighted by atomic mass is 10.2. The molecule has 0 aromatic heterocycles. The molecule has 0 atom stereocenters. The summed E-state index contributed by atoms with van der Waals surface area (Å²) in [5.74, 6) is -2.80. The second-order valence-electron chi connectivity index (χ2n) is 5.00. The van der Waals surface area contributed by atoms with Crippen molar-refractivity contribution in [3.8, 4) is 5.75 Å². The van der Waals surface area contributed by atoms with Crippen molar-refractivity contribution in [1.29, 1.82) is 0 Å². The fourth-order valence-electron chi connectivity index (χ4n) is 2.08. The fourth-order valence-corrected chi connectivity index (χ4v) is 2.08. The zero-order valence-corrected chi connectivity index (χ0v) is 13.4. The minimum atomic E-state index is -3.11. The van der Waals surface area contributed by atoms with Gasteiger partial charge in [0, 0.05) is 13.1 Å². The molecular weight excluding hydrogens is 356 g/mol. The average molecular weight is 371 g/mol. The Labute approximate surface area is 146 Å². The van der Waals surface area contributed by atoms with Gasteiger partial charge in [-0.3, -0.25) is 19.3 Å². The van der Waals surface area contributed by atoms with Gasteiger partial charge in [0.05, 0.1) is 5.56 Å². The third-order valence-corrected chi connectivity index (χ3v) is 3.26. The van der Waals surface area contributed by atoms with E-state index in [0.717, 1.165) is 4.90 Å². The van der Waals surface area contributed by atoms with Crippen molar-refractivity contribution in [3.05, 3.63) is 29.8 Å². The van der Waals surface area contributed by atoms with Crippen molar-refractivity contribution >= 4 is 23.8 Å². The number of alkyl halides is 2. The number of esters is 1. The number of nitrogens with zero attached hydrogens (tertiary/aromatic N) is 1. The van der Waals surface area contributed by atoms with Gasteiger partial charge in [0.1, 0.15) is 12.3 Å². The van der Waals surface area contributed by atoms with E-state index in [1.54, 1.807) is 0 Å². The monoisotopic (exact) mass is 371 g/mol. The summed E-state index contributed by atoms with van der Waals surface area (Å²) in [7, 11) is 0. The molecular formula is C15H15F2N3O6. The highest BCUT2D eigenvalue weighted by Crippen LogP contribution is 2.19. The van der Waals surface area contributed by atoms with Gasteiger partial charge in [-0.15, -0.1) is 0 Å². The number of urea groups is 1. The highest BCUT2D eigenvalue weighted by Gasteiger charge is 2.26. The van der Waals surface area contributed by atoms with Gasteiger partial charge in [0.15, 0.2) is 6.61 Å². The summed E-state index contributed by atoms with van der Waals surface area (Å²) in [4.78, 5) is 47.4. The standard InChI is InChI=1S/C15H15F2N3O6/c16-14(17)26-10-4-2-1-3-9(10)13(23)19-7-12(22)25-8-11(21)20-6-5-18-15(20)24/h1-4,14H,5-8H2,(H,18,24)(H,19,23). The molecule has 2 N–H and O–H groups in total. The summed E-state index contributed by atoms with van der Waals surface area (Å²) in [6.07, 6.45) is 0. The molecule has 0 aliphatic carbocycles. The number of para-hydroxylation sites is 1. The third-order valence-electron chi connectivity index (χ3n) is 3.26. The van der Waals surface area contributed by atoms with Crippen LogP contribution in [-0.4, -0.2) is 61.6 Å². The summed E-state index contributed by atoms with van der Waals surface area (Å²) >= 11 is 0. The summed E-state index contributed by atoms with van der Waals surface area (Å²) in [5.41, 5.74) is -0.189. The molecule has 2 rings (SSSR count). The number of benzene rings is 1. The molecule has 0 bridgehead atoms. The van der Waals surface area contributed by atoms with Crippen LogP contribution in [0.4, 0.5) is 13.6 Å². The zero-order valence-electron chi connectivity index (χ0n) is 13.4. The van der Waals surface area contributed by atoms with Crippen LogP contribution in [0.15, 0.2) is 24.3 Å². The van der Waals surface area contributed by atoms with Gasteiger partial charge in [-0.2, -0.15) is 8.78 Å². The van der Waals surface area contributed by atoms with Crippen LogP contribution in [0.25, 0.3) is 0 Å². The summed E-state index contributed by atoms with van der Waals surface area (Å²) in [6, 6.07) is 4.69. The molecule has 1 aliphatic rings. The van der Waals surface area contributed by atoms with Gasteiger partial charge in [-0.1, -0.05) is 12.1 Å². The Kier molecular flexibility index (Phi) is 6.42. The normalized spacial score (nSPS) is 13.3. The first-order chi connectivity index (χ1) is 12.4. The van der Waals surface area contributed by atoms with Crippen molar-refractivity contribution < 1.29 is 37.4 Å². The van der Waals surface area contributed by atoms with Gasteiger partial charge in [-0.25, -0.2) is 4.79 Å². The molecule has 0 spiro atoms. The van der Waals surface area contributed by atoms with E-state index in [-0.39, 0.29) is 17.9 Å². The molecule has 9 nitrogen and oxygen atoms in total. The number of halogens is 2. The van der Waals surface area contributed by atoms with Crippen molar-refractivity contribution in [2.75, 3.05) is 26.2 Å². The number of carbonyl (C=O) groups excluding carboxylic acids is 4. The van der Waals surface area contributed by atoms with Crippen molar-refractivity contribution in [1.82, 2.24) is 15.5 Å². The Morgan fingerprint density at radius 1 is 1.27 bits per heavy atom. The van der Waals surface area contributed by atoms with E-state index in [2.05, 4.69) is 20.1 Å². The number of carbonyl (C=O) groups is 4. The summed E-state index contributed by atoms with van der Waals surface area (Å²) in [5, 5.41) is 4.59. The van der Waals surface area contributed by atoms with Crippen LogP contribution in [0, 0.1) is 0 Å². The predicted molar refractivity (Wildman–Crippen MR) is 81.5 cm³/mol. The molecule has 1 saturated heterocycles. The van der Waals surface area contributed by atoms with Crippen molar-refractivity contribution in [3.63, 3.8) is 0 Å². The Morgan fingerprint density at radius 3 is 2.65 bits per heavy atom. The number of hydrogen-bond donors (Lipinski definition) is 2. The topological polar surface area (TPSA) is 114 Å². The summed E-state index contributed by atoms with van der Waals surface area (Å²) in [6.45, 7) is -3.88. The number of hydrogen-bond acceptors (Lipinski definition) is 6. The van der Waals surface area contributed by atoms with Gasteiger partial charge < -0.3 is 20.1 Å². The van der Waals surface area contributed by atoms with E-state index in [4.69, 9.17) is 0 Å². The molecule has 11 heteroatoms.